The zero-order chi connectivity index (χ0) is 9.14. The van der Waals surface area contributed by atoms with Crippen LogP contribution in [-0.4, -0.2) is 10.4 Å². The summed E-state index contributed by atoms with van der Waals surface area (Å²) in [4.78, 5) is 0. The number of oxime groups is 1. The van der Waals surface area contributed by atoms with Crippen LogP contribution in [0.4, 0.5) is 8.78 Å². The SMILES string of the molecule is O/N=C(\Cl)c1cccc(F)c1F. The van der Waals surface area contributed by atoms with Crippen molar-refractivity contribution >= 4 is 16.8 Å². The first-order chi connectivity index (χ1) is 5.66. The lowest BCUT2D eigenvalue weighted by Gasteiger charge is -1.98. The second kappa shape index (κ2) is 3.49. The van der Waals surface area contributed by atoms with Gasteiger partial charge in [-0.3, -0.25) is 0 Å². The summed E-state index contributed by atoms with van der Waals surface area (Å²) in [6, 6.07) is 3.42. The third kappa shape index (κ3) is 1.53. The molecule has 0 spiro atoms. The third-order valence-corrected chi connectivity index (χ3v) is 1.54. The zero-order valence-electron chi connectivity index (χ0n) is 5.76. The Bertz CT molecular complexity index is 327. The maximum Gasteiger partial charge on any atom is 0.178 e. The van der Waals surface area contributed by atoms with Crippen LogP contribution in [0.3, 0.4) is 0 Å². The van der Waals surface area contributed by atoms with E-state index < -0.39 is 16.8 Å². The van der Waals surface area contributed by atoms with Gasteiger partial charge in [0, 0.05) is 0 Å². The van der Waals surface area contributed by atoms with Crippen molar-refractivity contribution in [2.24, 2.45) is 5.16 Å². The van der Waals surface area contributed by atoms with Gasteiger partial charge in [0.15, 0.2) is 16.8 Å². The molecule has 0 bridgehead atoms. The van der Waals surface area contributed by atoms with E-state index in [1.165, 1.54) is 12.1 Å². The van der Waals surface area contributed by atoms with E-state index in [1.807, 2.05) is 0 Å². The summed E-state index contributed by atoms with van der Waals surface area (Å²) in [5, 5.41) is 10.2. The normalized spacial score (nSPS) is 11.8. The minimum atomic E-state index is -1.12. The second-order valence-corrected chi connectivity index (χ2v) is 2.35. The van der Waals surface area contributed by atoms with Crippen molar-refractivity contribution in [1.29, 1.82) is 0 Å². The van der Waals surface area contributed by atoms with E-state index in [-0.39, 0.29) is 5.56 Å². The second-order valence-electron chi connectivity index (χ2n) is 1.99. The predicted molar refractivity (Wildman–Crippen MR) is 40.5 cm³/mol. The molecule has 0 radical (unpaired) electrons. The molecule has 2 nitrogen and oxygen atoms in total. The molecule has 0 aliphatic rings. The molecule has 12 heavy (non-hydrogen) atoms. The summed E-state index contributed by atoms with van der Waals surface area (Å²) in [5.74, 6) is -2.16. The van der Waals surface area contributed by atoms with Crippen molar-refractivity contribution in [1.82, 2.24) is 0 Å². The van der Waals surface area contributed by atoms with Crippen LogP contribution in [0.2, 0.25) is 0 Å². The molecule has 0 aliphatic carbocycles. The van der Waals surface area contributed by atoms with E-state index in [1.54, 1.807) is 0 Å². The first kappa shape index (κ1) is 8.93. The number of hydrogen-bond acceptors (Lipinski definition) is 2. The topological polar surface area (TPSA) is 32.6 Å². The number of rotatable bonds is 1. The predicted octanol–water partition coefficient (Wildman–Crippen LogP) is 2.34. The van der Waals surface area contributed by atoms with Crippen molar-refractivity contribution in [2.45, 2.75) is 0 Å². The molecule has 0 amide bonds. The quantitative estimate of drug-likeness (QED) is 0.413. The van der Waals surface area contributed by atoms with Crippen molar-refractivity contribution < 1.29 is 14.0 Å². The first-order valence-corrected chi connectivity index (χ1v) is 3.36. The molecule has 0 aliphatic heterocycles. The van der Waals surface area contributed by atoms with Crippen LogP contribution < -0.4 is 0 Å². The summed E-state index contributed by atoms with van der Waals surface area (Å²) in [7, 11) is 0. The van der Waals surface area contributed by atoms with Gasteiger partial charge in [-0.2, -0.15) is 0 Å². The Balaban J connectivity index is 3.26. The molecule has 1 aromatic rings. The lowest BCUT2D eigenvalue weighted by atomic mass is 10.2. The zero-order valence-corrected chi connectivity index (χ0v) is 6.52. The van der Waals surface area contributed by atoms with Crippen molar-refractivity contribution in [2.75, 3.05) is 0 Å². The van der Waals surface area contributed by atoms with Crippen LogP contribution in [0, 0.1) is 11.6 Å². The molecule has 5 heteroatoms. The van der Waals surface area contributed by atoms with Gasteiger partial charge in [-0.05, 0) is 12.1 Å². The van der Waals surface area contributed by atoms with E-state index in [0.29, 0.717) is 0 Å². The Kier molecular flexibility index (Phi) is 2.60. The van der Waals surface area contributed by atoms with Gasteiger partial charge in [-0.1, -0.05) is 22.8 Å². The Morgan fingerprint density at radius 1 is 1.42 bits per heavy atom. The van der Waals surface area contributed by atoms with E-state index in [9.17, 15) is 8.78 Å². The maximum absolute atomic E-state index is 12.8. The minimum absolute atomic E-state index is 0.265. The van der Waals surface area contributed by atoms with E-state index in [0.717, 1.165) is 6.07 Å². The maximum atomic E-state index is 12.8. The standard InChI is InChI=1S/C7H4ClF2NO/c8-7(11-12)4-2-1-3-5(9)6(4)10/h1-3,12H/b11-7-. The van der Waals surface area contributed by atoms with E-state index in [2.05, 4.69) is 5.16 Å². The number of hydrogen-bond donors (Lipinski definition) is 1. The number of nitrogens with zero attached hydrogens (tertiary/aromatic N) is 1. The Morgan fingerprint density at radius 3 is 2.67 bits per heavy atom. The summed E-state index contributed by atoms with van der Waals surface area (Å²) >= 11 is 5.26. The van der Waals surface area contributed by atoms with Gasteiger partial charge in [-0.25, -0.2) is 8.78 Å². The highest BCUT2D eigenvalue weighted by molar-refractivity contribution is 6.69. The van der Waals surface area contributed by atoms with Crippen LogP contribution in [0.25, 0.3) is 0 Å². The Labute approximate surface area is 72.1 Å². The lowest BCUT2D eigenvalue weighted by Crippen LogP contribution is -1.98. The molecular weight excluding hydrogens is 188 g/mol. The van der Waals surface area contributed by atoms with Gasteiger partial charge < -0.3 is 5.21 Å². The fraction of sp³-hybridized carbons (Fsp3) is 0. The Morgan fingerprint density at radius 2 is 2.08 bits per heavy atom. The summed E-state index contributed by atoms with van der Waals surface area (Å²) < 4.78 is 25.3. The smallest absolute Gasteiger partial charge is 0.178 e. The molecule has 0 saturated carbocycles. The molecule has 1 N–H and O–H groups in total. The monoisotopic (exact) mass is 191 g/mol. The fourth-order valence-electron chi connectivity index (χ4n) is 0.717. The van der Waals surface area contributed by atoms with Crippen LogP contribution in [0.1, 0.15) is 5.56 Å². The van der Waals surface area contributed by atoms with Crippen LogP contribution in [-0.2, 0) is 0 Å². The highest BCUT2D eigenvalue weighted by atomic mass is 35.5. The molecule has 64 valence electrons. The van der Waals surface area contributed by atoms with Crippen molar-refractivity contribution in [3.63, 3.8) is 0 Å². The lowest BCUT2D eigenvalue weighted by molar-refractivity contribution is 0.320. The van der Waals surface area contributed by atoms with E-state index in [4.69, 9.17) is 16.8 Å². The third-order valence-electron chi connectivity index (χ3n) is 1.26. The molecule has 0 aromatic heterocycles. The number of benzene rings is 1. The van der Waals surface area contributed by atoms with Gasteiger partial charge in [0.2, 0.25) is 0 Å². The number of halogens is 3. The average molecular weight is 192 g/mol. The molecular formula is C7H4ClF2NO. The van der Waals surface area contributed by atoms with Gasteiger partial charge in [-0.15, -0.1) is 0 Å². The Hall–Kier alpha value is -1.16. The van der Waals surface area contributed by atoms with Gasteiger partial charge in [0.05, 0.1) is 5.56 Å². The summed E-state index contributed by atoms with van der Waals surface area (Å²) in [5.41, 5.74) is -0.265. The van der Waals surface area contributed by atoms with Crippen LogP contribution in [0.5, 0.6) is 0 Å². The molecule has 0 fully saturated rings. The molecule has 0 saturated heterocycles. The molecule has 1 aromatic carbocycles. The summed E-state index contributed by atoms with van der Waals surface area (Å²) in [6.07, 6.45) is 0. The van der Waals surface area contributed by atoms with Gasteiger partial charge in [0.25, 0.3) is 0 Å². The van der Waals surface area contributed by atoms with Crippen LogP contribution in [0.15, 0.2) is 23.4 Å². The van der Waals surface area contributed by atoms with Crippen molar-refractivity contribution in [3.8, 4) is 0 Å². The largest absolute Gasteiger partial charge is 0.410 e. The highest BCUT2D eigenvalue weighted by Crippen LogP contribution is 2.13. The first-order valence-electron chi connectivity index (χ1n) is 2.98. The fourth-order valence-corrected chi connectivity index (χ4v) is 0.863. The van der Waals surface area contributed by atoms with Crippen LogP contribution >= 0.6 is 11.6 Å². The van der Waals surface area contributed by atoms with Gasteiger partial charge >= 0.3 is 0 Å². The van der Waals surface area contributed by atoms with Crippen molar-refractivity contribution in [3.05, 3.63) is 35.4 Å². The molecule has 0 atom stereocenters. The van der Waals surface area contributed by atoms with E-state index >= 15 is 0 Å². The van der Waals surface area contributed by atoms with Gasteiger partial charge in [0.1, 0.15) is 0 Å². The molecule has 0 unspecified atom stereocenters. The average Bonchev–Trinajstić information content (AvgIpc) is 2.08. The summed E-state index contributed by atoms with van der Waals surface area (Å²) in [6.45, 7) is 0. The highest BCUT2D eigenvalue weighted by Gasteiger charge is 2.11. The minimum Gasteiger partial charge on any atom is -0.410 e. The molecule has 0 heterocycles. The molecule has 1 rings (SSSR count).